The molecule has 0 aliphatic heterocycles. The molecule has 2 heterocycles. The van der Waals surface area contributed by atoms with Gasteiger partial charge in [-0.2, -0.15) is 0 Å². The lowest BCUT2D eigenvalue weighted by atomic mass is 10.2. The van der Waals surface area contributed by atoms with E-state index >= 15 is 0 Å². The fourth-order valence-electron chi connectivity index (χ4n) is 2.32. The predicted octanol–water partition coefficient (Wildman–Crippen LogP) is 2.47. The van der Waals surface area contributed by atoms with Gasteiger partial charge >= 0.3 is 0 Å². The summed E-state index contributed by atoms with van der Waals surface area (Å²) in [7, 11) is 0. The average molecular weight is 322 g/mol. The van der Waals surface area contributed by atoms with Crippen LogP contribution in [0.25, 0.3) is 21.8 Å². The number of hydrogen-bond donors (Lipinski definition) is 4. The molecule has 2 aromatic heterocycles. The van der Waals surface area contributed by atoms with Gasteiger partial charge in [0, 0.05) is 46.3 Å². The maximum atomic E-state index is 11.2. The smallest absolute Gasteiger partial charge is 0.189 e. The Morgan fingerprint density at radius 2 is 1.04 bits per heavy atom. The molecule has 0 radical (unpaired) electrons. The lowest BCUT2D eigenvalue weighted by Crippen LogP contribution is -1.98. The first kappa shape index (κ1) is 15.4. The molecule has 0 aliphatic rings. The van der Waals surface area contributed by atoms with E-state index < -0.39 is 0 Å². The van der Waals surface area contributed by atoms with E-state index in [1.54, 1.807) is 24.5 Å². The van der Waals surface area contributed by atoms with E-state index in [4.69, 9.17) is 10.2 Å². The highest BCUT2D eigenvalue weighted by atomic mass is 16.3. The molecular formula is C18H14N2O4. The Morgan fingerprint density at radius 1 is 0.625 bits per heavy atom. The zero-order chi connectivity index (χ0) is 17.1. The molecule has 0 saturated heterocycles. The molecule has 4 rings (SSSR count). The summed E-state index contributed by atoms with van der Waals surface area (Å²) < 4.78 is 0. The molecule has 24 heavy (non-hydrogen) atoms. The monoisotopic (exact) mass is 322 g/mol. The van der Waals surface area contributed by atoms with E-state index in [1.165, 1.54) is 36.4 Å². The van der Waals surface area contributed by atoms with Crippen molar-refractivity contribution < 1.29 is 10.2 Å². The largest absolute Gasteiger partial charge is 0.508 e. The van der Waals surface area contributed by atoms with Crippen molar-refractivity contribution in [3.05, 3.63) is 81.4 Å². The van der Waals surface area contributed by atoms with E-state index in [0.717, 1.165) is 11.0 Å². The molecule has 0 atom stereocenters. The summed E-state index contributed by atoms with van der Waals surface area (Å²) in [5, 5.41) is 19.2. The van der Waals surface area contributed by atoms with E-state index in [-0.39, 0.29) is 22.4 Å². The number of rotatable bonds is 0. The molecule has 0 spiro atoms. The van der Waals surface area contributed by atoms with Gasteiger partial charge < -0.3 is 20.2 Å². The zero-order valence-electron chi connectivity index (χ0n) is 12.5. The number of nitrogens with one attached hydrogen (secondary N) is 2. The van der Waals surface area contributed by atoms with Crippen LogP contribution >= 0.6 is 0 Å². The van der Waals surface area contributed by atoms with Gasteiger partial charge in [0.15, 0.2) is 10.9 Å². The van der Waals surface area contributed by atoms with Crippen LogP contribution in [0.15, 0.2) is 70.5 Å². The van der Waals surface area contributed by atoms with Crippen LogP contribution in [0.3, 0.4) is 0 Å². The standard InChI is InChI=1S/2C9H7NO2/c2*11-6-1-2-8-7(5-6)9(12)3-4-10-8/h2*1-5,11H,(H,10,12). The van der Waals surface area contributed by atoms with Crippen LogP contribution in [0, 0.1) is 0 Å². The molecular weight excluding hydrogens is 308 g/mol. The first-order chi connectivity index (χ1) is 11.5. The van der Waals surface area contributed by atoms with Crippen LogP contribution in [-0.2, 0) is 0 Å². The molecule has 0 aliphatic carbocycles. The molecule has 6 nitrogen and oxygen atoms in total. The van der Waals surface area contributed by atoms with E-state index in [1.807, 2.05) is 0 Å². The van der Waals surface area contributed by atoms with Crippen LogP contribution < -0.4 is 10.9 Å². The Morgan fingerprint density at radius 3 is 1.46 bits per heavy atom. The van der Waals surface area contributed by atoms with Crippen LogP contribution in [0.5, 0.6) is 11.5 Å². The number of aromatic amines is 2. The summed E-state index contributed by atoms with van der Waals surface area (Å²) >= 11 is 0. The van der Waals surface area contributed by atoms with Crippen LogP contribution in [0.4, 0.5) is 0 Å². The SMILES string of the molecule is O=c1cc[nH]c2ccc(O)cc12.O=c1cc[nH]c2ccc(O)cc12. The number of hydrogen-bond acceptors (Lipinski definition) is 4. The topological polar surface area (TPSA) is 106 Å². The highest BCUT2D eigenvalue weighted by Gasteiger charge is 1.98. The highest BCUT2D eigenvalue weighted by Crippen LogP contribution is 2.14. The Bertz CT molecular complexity index is 1040. The van der Waals surface area contributed by atoms with Crippen molar-refractivity contribution >= 4 is 21.8 Å². The van der Waals surface area contributed by atoms with Gasteiger partial charge in [-0.25, -0.2) is 0 Å². The van der Waals surface area contributed by atoms with Crippen molar-refractivity contribution in [2.75, 3.05) is 0 Å². The number of pyridine rings is 2. The van der Waals surface area contributed by atoms with Gasteiger partial charge in [0.05, 0.1) is 0 Å². The molecule has 4 N–H and O–H groups in total. The van der Waals surface area contributed by atoms with Crippen molar-refractivity contribution in [3.8, 4) is 11.5 Å². The van der Waals surface area contributed by atoms with Gasteiger partial charge in [-0.3, -0.25) is 9.59 Å². The molecule has 0 saturated carbocycles. The van der Waals surface area contributed by atoms with E-state index in [2.05, 4.69) is 9.97 Å². The first-order valence-corrected chi connectivity index (χ1v) is 7.15. The van der Waals surface area contributed by atoms with Crippen LogP contribution in [0.1, 0.15) is 0 Å². The number of phenols is 2. The third-order valence-electron chi connectivity index (χ3n) is 3.48. The molecule has 0 amide bonds. The summed E-state index contributed by atoms with van der Waals surface area (Å²) in [6, 6.07) is 12.2. The number of phenolic OH excluding ortho intramolecular Hbond substituents is 2. The predicted molar refractivity (Wildman–Crippen MR) is 92.5 cm³/mol. The summed E-state index contributed by atoms with van der Waals surface area (Å²) in [5.74, 6) is 0.221. The fourth-order valence-corrected chi connectivity index (χ4v) is 2.32. The summed E-state index contributed by atoms with van der Waals surface area (Å²) in [6.45, 7) is 0. The van der Waals surface area contributed by atoms with Gasteiger partial charge in [0.25, 0.3) is 0 Å². The maximum Gasteiger partial charge on any atom is 0.189 e. The van der Waals surface area contributed by atoms with Crippen molar-refractivity contribution in [1.29, 1.82) is 0 Å². The van der Waals surface area contributed by atoms with Crippen molar-refractivity contribution in [1.82, 2.24) is 9.97 Å². The second kappa shape index (κ2) is 6.29. The fraction of sp³-hybridized carbons (Fsp3) is 0. The lowest BCUT2D eigenvalue weighted by molar-refractivity contribution is 0.475. The Balaban J connectivity index is 0.000000141. The van der Waals surface area contributed by atoms with Gasteiger partial charge in [0.1, 0.15) is 11.5 Å². The number of aromatic hydroxyl groups is 2. The van der Waals surface area contributed by atoms with E-state index in [9.17, 15) is 9.59 Å². The molecule has 0 unspecified atom stereocenters. The highest BCUT2D eigenvalue weighted by molar-refractivity contribution is 5.80. The molecule has 4 aromatic rings. The number of H-pyrrole nitrogens is 2. The van der Waals surface area contributed by atoms with Crippen LogP contribution in [0.2, 0.25) is 0 Å². The molecule has 0 bridgehead atoms. The molecule has 0 fully saturated rings. The zero-order valence-corrected chi connectivity index (χ0v) is 12.5. The van der Waals surface area contributed by atoms with Crippen molar-refractivity contribution in [2.24, 2.45) is 0 Å². The molecule has 2 aromatic carbocycles. The normalized spacial score (nSPS) is 10.3. The average Bonchev–Trinajstić information content (AvgIpc) is 2.57. The number of fused-ring (bicyclic) bond motifs is 2. The summed E-state index contributed by atoms with van der Waals surface area (Å²) in [4.78, 5) is 28.2. The van der Waals surface area contributed by atoms with E-state index in [0.29, 0.717) is 10.8 Å². The second-order valence-corrected chi connectivity index (χ2v) is 5.14. The van der Waals surface area contributed by atoms with Gasteiger partial charge in [0.2, 0.25) is 0 Å². The third-order valence-corrected chi connectivity index (χ3v) is 3.48. The molecule has 120 valence electrons. The Labute approximate surface area is 135 Å². The van der Waals surface area contributed by atoms with Crippen molar-refractivity contribution in [3.63, 3.8) is 0 Å². The number of aromatic nitrogens is 2. The van der Waals surface area contributed by atoms with Gasteiger partial charge in [-0.05, 0) is 36.4 Å². The Hall–Kier alpha value is -3.54. The molecule has 6 heteroatoms. The minimum absolute atomic E-state index is 0.0837. The lowest BCUT2D eigenvalue weighted by Gasteiger charge is -1.96. The Kier molecular flexibility index (Phi) is 4.03. The minimum Gasteiger partial charge on any atom is -0.508 e. The first-order valence-electron chi connectivity index (χ1n) is 7.15. The van der Waals surface area contributed by atoms with Crippen LogP contribution in [-0.4, -0.2) is 20.2 Å². The number of benzene rings is 2. The summed E-state index contributed by atoms with van der Waals surface area (Å²) in [6.07, 6.45) is 3.17. The van der Waals surface area contributed by atoms with Gasteiger partial charge in [-0.1, -0.05) is 0 Å². The second-order valence-electron chi connectivity index (χ2n) is 5.14. The van der Waals surface area contributed by atoms with Crippen molar-refractivity contribution in [2.45, 2.75) is 0 Å². The minimum atomic E-state index is -0.0837. The quantitative estimate of drug-likeness (QED) is 0.399. The maximum absolute atomic E-state index is 11.2. The summed E-state index contributed by atoms with van der Waals surface area (Å²) in [5.41, 5.74) is 1.31. The van der Waals surface area contributed by atoms with Gasteiger partial charge in [-0.15, -0.1) is 0 Å². The third kappa shape index (κ3) is 3.12.